The van der Waals surface area contributed by atoms with E-state index in [0.717, 1.165) is 24.5 Å². The normalized spacial score (nSPS) is 20.0. The summed E-state index contributed by atoms with van der Waals surface area (Å²) in [6, 6.07) is 6.42. The molecule has 1 aromatic heterocycles. The summed E-state index contributed by atoms with van der Waals surface area (Å²) in [6.45, 7) is 8.14. The van der Waals surface area contributed by atoms with Gasteiger partial charge in [-0.3, -0.25) is 4.98 Å². The van der Waals surface area contributed by atoms with Gasteiger partial charge in [0.25, 0.3) is 0 Å². The fraction of sp³-hybridized carbons (Fsp3) is 0.571. The van der Waals surface area contributed by atoms with Gasteiger partial charge in [0.2, 0.25) is 0 Å². The molecule has 2 aliphatic heterocycles. The van der Waals surface area contributed by atoms with Crippen molar-refractivity contribution in [2.45, 2.75) is 38.7 Å². The number of hydrogen-bond acceptors (Lipinski definition) is 4. The predicted molar refractivity (Wildman–Crippen MR) is 109 cm³/mol. The molecule has 0 aliphatic carbocycles. The van der Waals surface area contributed by atoms with Gasteiger partial charge in [-0.05, 0) is 80.8 Å². The van der Waals surface area contributed by atoms with Crippen LogP contribution in [0, 0.1) is 12.8 Å². The van der Waals surface area contributed by atoms with Crippen LogP contribution in [0.4, 0.5) is 0 Å². The van der Waals surface area contributed by atoms with Gasteiger partial charge in [0, 0.05) is 37.4 Å². The fourth-order valence-electron chi connectivity index (χ4n) is 4.17. The van der Waals surface area contributed by atoms with Crippen LogP contribution < -0.4 is 10.1 Å². The molecule has 4 rings (SSSR count). The number of aryl methyl sites for hydroxylation is 1. The van der Waals surface area contributed by atoms with E-state index in [0.29, 0.717) is 6.10 Å². The molecule has 0 bridgehead atoms. The van der Waals surface area contributed by atoms with E-state index >= 15 is 0 Å². The van der Waals surface area contributed by atoms with Crippen LogP contribution >= 0.6 is 12.4 Å². The molecule has 3 heterocycles. The zero-order valence-corrected chi connectivity index (χ0v) is 16.4. The molecule has 5 heteroatoms. The van der Waals surface area contributed by atoms with Gasteiger partial charge in [0.15, 0.2) is 0 Å². The second-order valence-corrected chi connectivity index (χ2v) is 7.65. The Labute approximate surface area is 162 Å². The number of nitrogens with zero attached hydrogens (tertiary/aromatic N) is 2. The quantitative estimate of drug-likeness (QED) is 0.881. The Kier molecular flexibility index (Phi) is 6.74. The number of rotatable bonds is 4. The summed E-state index contributed by atoms with van der Waals surface area (Å²) in [7, 11) is 0. The lowest BCUT2D eigenvalue weighted by molar-refractivity contribution is 0.0869. The van der Waals surface area contributed by atoms with Crippen molar-refractivity contribution in [3.05, 3.63) is 36.2 Å². The average molecular weight is 376 g/mol. The summed E-state index contributed by atoms with van der Waals surface area (Å²) in [5, 5.41) is 5.85. The van der Waals surface area contributed by atoms with Crippen LogP contribution in [0.5, 0.6) is 5.75 Å². The van der Waals surface area contributed by atoms with Crippen molar-refractivity contribution >= 4 is 23.2 Å². The summed E-state index contributed by atoms with van der Waals surface area (Å²) in [4.78, 5) is 6.85. The maximum atomic E-state index is 6.38. The van der Waals surface area contributed by atoms with Crippen LogP contribution in [-0.4, -0.2) is 48.7 Å². The smallest absolute Gasteiger partial charge is 0.123 e. The maximum absolute atomic E-state index is 6.38. The molecule has 0 unspecified atom stereocenters. The number of benzene rings is 1. The zero-order chi connectivity index (χ0) is 17.1. The number of likely N-dealkylation sites (tertiary alicyclic amines) is 1. The van der Waals surface area contributed by atoms with Crippen LogP contribution in [0.1, 0.15) is 31.2 Å². The molecule has 142 valence electrons. The lowest BCUT2D eigenvalue weighted by atomic mass is 9.96. The SMILES string of the molecule is Cc1cc2cnccc2cc1OC1CCN(CC2CCNCC2)CC1.Cl. The second-order valence-electron chi connectivity index (χ2n) is 7.65. The molecule has 0 saturated carbocycles. The monoisotopic (exact) mass is 375 g/mol. The zero-order valence-electron chi connectivity index (χ0n) is 15.6. The Balaban J connectivity index is 0.00000196. The minimum absolute atomic E-state index is 0. The van der Waals surface area contributed by atoms with E-state index in [1.165, 1.54) is 61.9 Å². The van der Waals surface area contributed by atoms with Gasteiger partial charge in [-0.15, -0.1) is 12.4 Å². The lowest BCUT2D eigenvalue weighted by Gasteiger charge is -2.35. The summed E-state index contributed by atoms with van der Waals surface area (Å²) >= 11 is 0. The fourth-order valence-corrected chi connectivity index (χ4v) is 4.17. The predicted octanol–water partition coefficient (Wildman–Crippen LogP) is 3.81. The summed E-state index contributed by atoms with van der Waals surface area (Å²) in [6.07, 6.45) is 9.06. The average Bonchev–Trinajstić information content (AvgIpc) is 2.65. The summed E-state index contributed by atoms with van der Waals surface area (Å²) in [5.74, 6) is 1.92. The van der Waals surface area contributed by atoms with Crippen LogP contribution in [0.3, 0.4) is 0 Å². The number of nitrogens with one attached hydrogen (secondary N) is 1. The number of fused-ring (bicyclic) bond motifs is 1. The number of hydrogen-bond donors (Lipinski definition) is 1. The third-order valence-electron chi connectivity index (χ3n) is 5.74. The molecular weight excluding hydrogens is 346 g/mol. The molecule has 2 fully saturated rings. The molecule has 0 radical (unpaired) electrons. The Bertz CT molecular complexity index is 709. The van der Waals surface area contributed by atoms with E-state index in [9.17, 15) is 0 Å². The van der Waals surface area contributed by atoms with Gasteiger partial charge in [-0.1, -0.05) is 0 Å². The first kappa shape index (κ1) is 19.4. The highest BCUT2D eigenvalue weighted by molar-refractivity contribution is 5.85. The largest absolute Gasteiger partial charge is 0.490 e. The molecule has 2 aliphatic rings. The lowest BCUT2D eigenvalue weighted by Crippen LogP contribution is -2.42. The Morgan fingerprint density at radius 1 is 1.12 bits per heavy atom. The van der Waals surface area contributed by atoms with Crippen molar-refractivity contribution in [3.63, 3.8) is 0 Å². The van der Waals surface area contributed by atoms with Crippen LogP contribution in [-0.2, 0) is 0 Å². The summed E-state index contributed by atoms with van der Waals surface area (Å²) < 4.78 is 6.38. The highest BCUT2D eigenvalue weighted by atomic mass is 35.5. The molecule has 0 spiro atoms. The highest BCUT2D eigenvalue weighted by Crippen LogP contribution is 2.28. The van der Waals surface area contributed by atoms with E-state index in [-0.39, 0.29) is 12.4 Å². The Morgan fingerprint density at radius 2 is 1.88 bits per heavy atom. The topological polar surface area (TPSA) is 37.4 Å². The molecule has 1 N–H and O–H groups in total. The van der Waals surface area contributed by atoms with Crippen LogP contribution in [0.15, 0.2) is 30.6 Å². The number of pyridine rings is 1. The van der Waals surface area contributed by atoms with Gasteiger partial charge in [0.1, 0.15) is 11.9 Å². The van der Waals surface area contributed by atoms with Gasteiger partial charge < -0.3 is 15.0 Å². The van der Waals surface area contributed by atoms with Crippen molar-refractivity contribution in [2.24, 2.45) is 5.92 Å². The van der Waals surface area contributed by atoms with E-state index in [2.05, 4.69) is 40.3 Å². The number of ether oxygens (including phenoxy) is 1. The molecule has 26 heavy (non-hydrogen) atoms. The standard InChI is InChI=1S/C21H29N3O.ClH/c1-16-12-19-14-23-9-4-18(19)13-21(16)25-20-5-10-24(11-6-20)15-17-2-7-22-8-3-17;/h4,9,12-14,17,20,22H,2-3,5-8,10-11,15H2,1H3;1H. The van der Waals surface area contributed by atoms with Gasteiger partial charge in [-0.25, -0.2) is 0 Å². The van der Waals surface area contributed by atoms with Crippen molar-refractivity contribution in [3.8, 4) is 5.75 Å². The molecule has 0 amide bonds. The van der Waals surface area contributed by atoms with Gasteiger partial charge in [0.05, 0.1) is 0 Å². The van der Waals surface area contributed by atoms with E-state index in [4.69, 9.17) is 4.74 Å². The van der Waals surface area contributed by atoms with Gasteiger partial charge >= 0.3 is 0 Å². The Morgan fingerprint density at radius 3 is 2.65 bits per heavy atom. The number of piperidine rings is 2. The third kappa shape index (κ3) is 4.67. The molecule has 1 aromatic carbocycles. The Hall–Kier alpha value is -1.36. The van der Waals surface area contributed by atoms with Crippen molar-refractivity contribution in [1.29, 1.82) is 0 Å². The van der Waals surface area contributed by atoms with E-state index in [1.807, 2.05) is 12.4 Å². The van der Waals surface area contributed by atoms with Crippen molar-refractivity contribution in [1.82, 2.24) is 15.2 Å². The van der Waals surface area contributed by atoms with E-state index < -0.39 is 0 Å². The first-order chi connectivity index (χ1) is 12.3. The minimum atomic E-state index is 0. The minimum Gasteiger partial charge on any atom is -0.490 e. The molecular formula is C21H30ClN3O. The maximum Gasteiger partial charge on any atom is 0.123 e. The summed E-state index contributed by atoms with van der Waals surface area (Å²) in [5.41, 5.74) is 1.21. The van der Waals surface area contributed by atoms with Crippen molar-refractivity contribution in [2.75, 3.05) is 32.7 Å². The first-order valence-corrected chi connectivity index (χ1v) is 9.72. The molecule has 2 aromatic rings. The molecule has 0 atom stereocenters. The molecule has 2 saturated heterocycles. The third-order valence-corrected chi connectivity index (χ3v) is 5.74. The van der Waals surface area contributed by atoms with Gasteiger partial charge in [-0.2, -0.15) is 0 Å². The second kappa shape index (κ2) is 9.03. The first-order valence-electron chi connectivity index (χ1n) is 9.72. The molecule has 4 nitrogen and oxygen atoms in total. The number of aromatic nitrogens is 1. The number of halogens is 1. The highest BCUT2D eigenvalue weighted by Gasteiger charge is 2.24. The van der Waals surface area contributed by atoms with E-state index in [1.54, 1.807) is 0 Å². The van der Waals surface area contributed by atoms with Crippen molar-refractivity contribution < 1.29 is 4.74 Å². The van der Waals surface area contributed by atoms with Crippen LogP contribution in [0.25, 0.3) is 10.8 Å². The van der Waals surface area contributed by atoms with Crippen LogP contribution in [0.2, 0.25) is 0 Å².